The van der Waals surface area contributed by atoms with Crippen LogP contribution in [0, 0.1) is 0 Å². The van der Waals surface area contributed by atoms with Crippen LogP contribution < -0.4 is 9.64 Å². The molecule has 2 heterocycles. The zero-order valence-electron chi connectivity index (χ0n) is 15.2. The van der Waals surface area contributed by atoms with Crippen molar-refractivity contribution in [2.75, 3.05) is 18.6 Å². The van der Waals surface area contributed by atoms with Crippen LogP contribution in [0.25, 0.3) is 0 Å². The average Bonchev–Trinajstić information content (AvgIpc) is 2.91. The molecule has 0 bridgehead atoms. The van der Waals surface area contributed by atoms with Gasteiger partial charge < -0.3 is 9.84 Å². The Kier molecular flexibility index (Phi) is 4.41. The lowest BCUT2D eigenvalue weighted by atomic mass is 9.94. The van der Waals surface area contributed by atoms with Crippen molar-refractivity contribution in [3.8, 4) is 5.75 Å². The molecule has 0 spiro atoms. The number of ether oxygens (including phenoxy) is 1. The predicted molar refractivity (Wildman–Crippen MR) is 104 cm³/mol. The summed E-state index contributed by atoms with van der Waals surface area (Å²) in [6.07, 6.45) is 3.26. The summed E-state index contributed by atoms with van der Waals surface area (Å²) >= 11 is 6.08. The van der Waals surface area contributed by atoms with Gasteiger partial charge in [0.1, 0.15) is 11.4 Å². The SMILES string of the molecule is COc1ccc(N2C3=[N+](CCCC3)[C@H](C)[C@]2(O)c2ccc(Cl)cc2)cc1. The van der Waals surface area contributed by atoms with Crippen molar-refractivity contribution < 1.29 is 14.4 Å². The maximum atomic E-state index is 12.0. The van der Waals surface area contributed by atoms with E-state index in [0.717, 1.165) is 42.8 Å². The molecular formula is C21H24ClN2O2+. The predicted octanol–water partition coefficient (Wildman–Crippen LogP) is 4.00. The molecule has 0 saturated carbocycles. The van der Waals surface area contributed by atoms with Gasteiger partial charge >= 0.3 is 0 Å². The summed E-state index contributed by atoms with van der Waals surface area (Å²) in [6, 6.07) is 15.4. The van der Waals surface area contributed by atoms with Gasteiger partial charge in [-0.1, -0.05) is 23.7 Å². The van der Waals surface area contributed by atoms with Gasteiger partial charge in [0.05, 0.1) is 13.7 Å². The minimum atomic E-state index is -1.14. The van der Waals surface area contributed by atoms with Crippen molar-refractivity contribution in [2.45, 2.75) is 38.0 Å². The highest BCUT2D eigenvalue weighted by Gasteiger charge is 2.59. The second-order valence-electron chi connectivity index (χ2n) is 7.01. The number of methoxy groups -OCH3 is 1. The maximum Gasteiger partial charge on any atom is 0.278 e. The lowest BCUT2D eigenvalue weighted by Gasteiger charge is -2.31. The van der Waals surface area contributed by atoms with E-state index in [2.05, 4.69) is 16.4 Å². The maximum absolute atomic E-state index is 12.0. The zero-order chi connectivity index (χ0) is 18.3. The summed E-state index contributed by atoms with van der Waals surface area (Å²) in [5.74, 6) is 1.99. The van der Waals surface area contributed by atoms with Crippen LogP contribution in [0.4, 0.5) is 5.69 Å². The van der Waals surface area contributed by atoms with E-state index in [-0.39, 0.29) is 6.04 Å². The number of hydrogen-bond acceptors (Lipinski definition) is 3. The molecule has 1 N–H and O–H groups in total. The number of anilines is 1. The third-order valence-corrected chi connectivity index (χ3v) is 5.88. The largest absolute Gasteiger partial charge is 0.497 e. The van der Waals surface area contributed by atoms with Crippen molar-refractivity contribution in [3.63, 3.8) is 0 Å². The number of halogens is 1. The Hall–Kier alpha value is -2.04. The third kappa shape index (κ3) is 2.60. The molecule has 0 unspecified atom stereocenters. The molecule has 0 fully saturated rings. The van der Waals surface area contributed by atoms with Crippen LogP contribution >= 0.6 is 11.6 Å². The summed E-state index contributed by atoms with van der Waals surface area (Å²) in [5, 5.41) is 12.7. The molecule has 0 amide bonds. The van der Waals surface area contributed by atoms with Gasteiger partial charge in [-0.05, 0) is 56.2 Å². The van der Waals surface area contributed by atoms with E-state index in [0.29, 0.717) is 5.02 Å². The number of nitrogens with zero attached hydrogens (tertiary/aromatic N) is 2. The molecule has 4 rings (SSSR count). The first-order valence-electron chi connectivity index (χ1n) is 9.11. The quantitative estimate of drug-likeness (QED) is 0.828. The summed E-state index contributed by atoms with van der Waals surface area (Å²) in [7, 11) is 1.66. The van der Waals surface area contributed by atoms with Crippen molar-refractivity contribution in [2.24, 2.45) is 0 Å². The highest BCUT2D eigenvalue weighted by Crippen LogP contribution is 2.42. The van der Waals surface area contributed by atoms with Crippen LogP contribution in [-0.2, 0) is 5.72 Å². The molecule has 2 aliphatic rings. The lowest BCUT2D eigenvalue weighted by Crippen LogP contribution is -2.50. The molecule has 0 aliphatic carbocycles. The van der Waals surface area contributed by atoms with E-state index in [1.165, 1.54) is 5.84 Å². The van der Waals surface area contributed by atoms with Crippen LogP contribution in [-0.4, -0.2) is 35.2 Å². The molecule has 0 radical (unpaired) electrons. The Morgan fingerprint density at radius 3 is 2.46 bits per heavy atom. The average molecular weight is 372 g/mol. The van der Waals surface area contributed by atoms with Gasteiger partial charge in [-0.3, -0.25) is 4.58 Å². The smallest absolute Gasteiger partial charge is 0.278 e. The first-order chi connectivity index (χ1) is 12.6. The van der Waals surface area contributed by atoms with Gasteiger partial charge in [0.2, 0.25) is 0 Å². The zero-order valence-corrected chi connectivity index (χ0v) is 15.9. The van der Waals surface area contributed by atoms with Crippen molar-refractivity contribution in [3.05, 3.63) is 59.1 Å². The first kappa shape index (κ1) is 17.4. The number of rotatable bonds is 3. The summed E-state index contributed by atoms with van der Waals surface area (Å²) < 4.78 is 7.65. The molecule has 2 aromatic rings. The topological polar surface area (TPSA) is 35.7 Å². The fraction of sp³-hybridized carbons (Fsp3) is 0.381. The Morgan fingerprint density at radius 2 is 1.81 bits per heavy atom. The van der Waals surface area contributed by atoms with E-state index in [4.69, 9.17) is 16.3 Å². The minimum Gasteiger partial charge on any atom is -0.497 e. The van der Waals surface area contributed by atoms with Gasteiger partial charge in [-0.15, -0.1) is 0 Å². The Labute approximate surface area is 159 Å². The monoisotopic (exact) mass is 371 g/mol. The lowest BCUT2D eigenvalue weighted by molar-refractivity contribution is -0.574. The third-order valence-electron chi connectivity index (χ3n) is 5.63. The number of hydrogen-bond donors (Lipinski definition) is 1. The summed E-state index contributed by atoms with van der Waals surface area (Å²) in [6.45, 7) is 3.07. The number of aliphatic hydroxyl groups is 1. The molecular weight excluding hydrogens is 348 g/mol. The first-order valence-corrected chi connectivity index (χ1v) is 9.48. The summed E-state index contributed by atoms with van der Waals surface area (Å²) in [5.41, 5.74) is 0.681. The second kappa shape index (κ2) is 6.60. The van der Waals surface area contributed by atoms with Crippen LogP contribution in [0.1, 0.15) is 31.7 Å². The molecule has 4 nitrogen and oxygen atoms in total. The molecule has 136 valence electrons. The van der Waals surface area contributed by atoms with E-state index in [1.807, 2.05) is 48.5 Å². The van der Waals surface area contributed by atoms with Gasteiger partial charge in [0.15, 0.2) is 6.04 Å². The summed E-state index contributed by atoms with van der Waals surface area (Å²) in [4.78, 5) is 2.10. The molecule has 0 saturated heterocycles. The highest BCUT2D eigenvalue weighted by molar-refractivity contribution is 6.30. The van der Waals surface area contributed by atoms with Gasteiger partial charge in [0.25, 0.3) is 11.6 Å². The molecule has 5 heteroatoms. The van der Waals surface area contributed by atoms with E-state index in [9.17, 15) is 5.11 Å². The van der Waals surface area contributed by atoms with Crippen LogP contribution in [0.3, 0.4) is 0 Å². The fourth-order valence-electron chi connectivity index (χ4n) is 4.24. The fourth-order valence-corrected chi connectivity index (χ4v) is 4.36. The Morgan fingerprint density at radius 1 is 1.12 bits per heavy atom. The van der Waals surface area contributed by atoms with E-state index in [1.54, 1.807) is 7.11 Å². The normalized spacial score (nSPS) is 25.4. The van der Waals surface area contributed by atoms with Crippen molar-refractivity contribution in [1.29, 1.82) is 0 Å². The standard InChI is InChI=1S/C21H24ClN2O2/c1-15-21(25,16-6-8-17(22)9-7-16)24(20-5-3-4-14-23(15)20)18-10-12-19(26-2)13-11-18/h6-13,15,25H,3-5,14H2,1-2H3/q+1/t15-,21+/m1/s1. The van der Waals surface area contributed by atoms with Crippen molar-refractivity contribution in [1.82, 2.24) is 0 Å². The number of amidine groups is 1. The second-order valence-corrected chi connectivity index (χ2v) is 7.45. The Balaban J connectivity index is 1.86. The van der Waals surface area contributed by atoms with Gasteiger partial charge in [0, 0.05) is 17.0 Å². The number of benzene rings is 2. The molecule has 2 atom stereocenters. The van der Waals surface area contributed by atoms with E-state index < -0.39 is 5.72 Å². The van der Waals surface area contributed by atoms with Crippen LogP contribution in [0.2, 0.25) is 5.02 Å². The van der Waals surface area contributed by atoms with Crippen LogP contribution in [0.5, 0.6) is 5.75 Å². The molecule has 0 aromatic heterocycles. The molecule has 2 aliphatic heterocycles. The van der Waals surface area contributed by atoms with Crippen molar-refractivity contribution >= 4 is 23.1 Å². The van der Waals surface area contributed by atoms with Crippen LogP contribution in [0.15, 0.2) is 48.5 Å². The molecule has 2 aromatic carbocycles. The molecule has 26 heavy (non-hydrogen) atoms. The Bertz CT molecular complexity index is 832. The minimum absolute atomic E-state index is 0.0546. The highest BCUT2D eigenvalue weighted by atomic mass is 35.5. The van der Waals surface area contributed by atoms with Gasteiger partial charge in [-0.2, -0.15) is 4.90 Å². The van der Waals surface area contributed by atoms with E-state index >= 15 is 0 Å². The van der Waals surface area contributed by atoms with Gasteiger partial charge in [-0.25, -0.2) is 0 Å².